The Bertz CT molecular complexity index is 1170. The number of rotatable bonds is 6. The van der Waals surface area contributed by atoms with Crippen LogP contribution >= 0.6 is 38.5 Å². The lowest BCUT2D eigenvalue weighted by Gasteiger charge is -2.12. The summed E-state index contributed by atoms with van der Waals surface area (Å²) >= 11 is 5.55. The van der Waals surface area contributed by atoms with Crippen LogP contribution in [0.5, 0.6) is 11.5 Å². The van der Waals surface area contributed by atoms with E-state index in [9.17, 15) is 19.6 Å². The second-order valence-electron chi connectivity index (χ2n) is 6.40. The van der Waals surface area contributed by atoms with Crippen LogP contribution in [-0.4, -0.2) is 11.0 Å². The maximum absolute atomic E-state index is 13.3. The summed E-state index contributed by atoms with van der Waals surface area (Å²) in [5.41, 5.74) is 1.71. The van der Waals surface area contributed by atoms with Gasteiger partial charge in [-0.05, 0) is 104 Å². The van der Waals surface area contributed by atoms with Crippen LogP contribution in [0.3, 0.4) is 0 Å². The molecule has 0 fully saturated rings. The highest BCUT2D eigenvalue weighted by Gasteiger charge is 2.13. The molecule has 31 heavy (non-hydrogen) atoms. The Morgan fingerprint density at radius 2 is 1.97 bits per heavy atom. The van der Waals surface area contributed by atoms with E-state index in [-0.39, 0.29) is 23.7 Å². The number of nitrogens with zero attached hydrogens (tertiary/aromatic N) is 1. The van der Waals surface area contributed by atoms with Crippen molar-refractivity contribution in [3.05, 3.63) is 91.2 Å². The van der Waals surface area contributed by atoms with Gasteiger partial charge in [-0.3, -0.25) is 4.79 Å². The fourth-order valence-corrected chi connectivity index (χ4v) is 4.41. The third-order valence-electron chi connectivity index (χ3n) is 4.09. The van der Waals surface area contributed by atoms with Crippen LogP contribution in [-0.2, 0) is 11.4 Å². The Labute approximate surface area is 200 Å². The number of phenolic OH excluding ortho intramolecular Hbond substituents is 1. The number of hydrogen-bond acceptors (Lipinski definition) is 4. The van der Waals surface area contributed by atoms with Gasteiger partial charge in [0, 0.05) is 5.69 Å². The van der Waals surface area contributed by atoms with Crippen LogP contribution in [0.2, 0.25) is 0 Å². The molecule has 0 aliphatic rings. The van der Waals surface area contributed by atoms with E-state index in [1.165, 1.54) is 42.5 Å². The van der Waals surface area contributed by atoms with Gasteiger partial charge in [0.2, 0.25) is 0 Å². The summed E-state index contributed by atoms with van der Waals surface area (Å²) in [6, 6.07) is 17.5. The molecule has 0 saturated heterocycles. The Morgan fingerprint density at radius 1 is 1.23 bits per heavy atom. The van der Waals surface area contributed by atoms with Gasteiger partial charge in [0.15, 0.2) is 0 Å². The molecule has 3 rings (SSSR count). The van der Waals surface area contributed by atoms with Crippen molar-refractivity contribution in [2.45, 2.75) is 6.61 Å². The first-order valence-corrected chi connectivity index (χ1v) is 10.8. The standard InChI is InChI=1S/C23H15BrFIN2O3/c24-20-10-15(8-16(12-27)23(30)28-18-4-6-19(29)7-5-18)11-21(26)22(20)31-13-14-2-1-3-17(25)9-14/h1-11,29H,13H2,(H,28,30)/b16-8+. The second kappa shape index (κ2) is 10.4. The lowest BCUT2D eigenvalue weighted by Crippen LogP contribution is -2.13. The summed E-state index contributed by atoms with van der Waals surface area (Å²) in [4.78, 5) is 12.4. The van der Waals surface area contributed by atoms with E-state index < -0.39 is 5.91 Å². The van der Waals surface area contributed by atoms with Crippen molar-refractivity contribution in [2.24, 2.45) is 0 Å². The molecular formula is C23H15BrFIN2O3. The highest BCUT2D eigenvalue weighted by Crippen LogP contribution is 2.33. The van der Waals surface area contributed by atoms with Crippen LogP contribution in [0.4, 0.5) is 10.1 Å². The van der Waals surface area contributed by atoms with Gasteiger partial charge in [-0.2, -0.15) is 5.26 Å². The van der Waals surface area contributed by atoms with Crippen LogP contribution in [0.15, 0.2) is 70.7 Å². The van der Waals surface area contributed by atoms with Gasteiger partial charge >= 0.3 is 0 Å². The SMILES string of the molecule is N#C/C(=C\c1cc(Br)c(OCc2cccc(F)c2)c(I)c1)C(=O)Nc1ccc(O)cc1. The molecule has 1 amide bonds. The number of nitrogens with one attached hydrogen (secondary N) is 1. The number of halogens is 3. The number of hydrogen-bond donors (Lipinski definition) is 2. The quantitative estimate of drug-likeness (QED) is 0.159. The maximum Gasteiger partial charge on any atom is 0.266 e. The fraction of sp³-hybridized carbons (Fsp3) is 0.0435. The maximum atomic E-state index is 13.3. The minimum Gasteiger partial charge on any atom is -0.508 e. The van der Waals surface area contributed by atoms with Crippen molar-refractivity contribution in [1.29, 1.82) is 5.26 Å². The third kappa shape index (κ3) is 6.29. The molecule has 2 N–H and O–H groups in total. The molecule has 0 heterocycles. The Balaban J connectivity index is 1.76. The first kappa shape index (κ1) is 22.8. The van der Waals surface area contributed by atoms with Gasteiger partial charge in [0.25, 0.3) is 5.91 Å². The zero-order valence-corrected chi connectivity index (χ0v) is 19.6. The minimum atomic E-state index is -0.564. The molecule has 8 heteroatoms. The van der Waals surface area contributed by atoms with Crippen LogP contribution in [0, 0.1) is 20.7 Å². The molecule has 0 aromatic heterocycles. The lowest BCUT2D eigenvalue weighted by molar-refractivity contribution is -0.112. The third-order valence-corrected chi connectivity index (χ3v) is 5.48. The molecule has 0 unspecified atom stereocenters. The van der Waals surface area contributed by atoms with Crippen molar-refractivity contribution >= 4 is 56.2 Å². The molecule has 156 valence electrons. The van der Waals surface area contributed by atoms with Crippen molar-refractivity contribution in [3.8, 4) is 17.6 Å². The van der Waals surface area contributed by atoms with Crippen LogP contribution < -0.4 is 10.1 Å². The smallest absolute Gasteiger partial charge is 0.266 e. The molecule has 3 aromatic rings. The Morgan fingerprint density at radius 3 is 2.61 bits per heavy atom. The number of ether oxygens (including phenoxy) is 1. The number of anilines is 1. The number of amides is 1. The van der Waals surface area contributed by atoms with E-state index in [0.29, 0.717) is 27.0 Å². The number of phenols is 1. The Kier molecular flexibility index (Phi) is 7.65. The summed E-state index contributed by atoms with van der Waals surface area (Å²) in [5, 5.41) is 21.4. The number of benzene rings is 3. The van der Waals surface area contributed by atoms with Gasteiger partial charge in [0.1, 0.15) is 35.6 Å². The van der Waals surface area contributed by atoms with Gasteiger partial charge in [-0.25, -0.2) is 4.39 Å². The van der Waals surface area contributed by atoms with Crippen molar-refractivity contribution < 1.29 is 19.0 Å². The lowest BCUT2D eigenvalue weighted by atomic mass is 10.1. The first-order valence-electron chi connectivity index (χ1n) is 8.94. The number of nitriles is 1. The molecule has 0 aliphatic carbocycles. The predicted octanol–water partition coefficient (Wildman–Crippen LogP) is 6.02. The summed E-state index contributed by atoms with van der Waals surface area (Å²) < 4.78 is 20.6. The second-order valence-corrected chi connectivity index (χ2v) is 8.42. The van der Waals surface area contributed by atoms with Gasteiger partial charge < -0.3 is 15.2 Å². The van der Waals surface area contributed by atoms with E-state index in [4.69, 9.17) is 4.74 Å². The monoisotopic (exact) mass is 592 g/mol. The molecule has 0 radical (unpaired) electrons. The summed E-state index contributed by atoms with van der Waals surface area (Å²) in [6.07, 6.45) is 1.47. The van der Waals surface area contributed by atoms with Gasteiger partial charge in [-0.1, -0.05) is 12.1 Å². The molecule has 0 aliphatic heterocycles. The number of carbonyl (C=O) groups is 1. The summed E-state index contributed by atoms with van der Waals surface area (Å²) in [5.74, 6) is -0.238. The zero-order chi connectivity index (χ0) is 22.4. The van der Waals surface area contributed by atoms with Crippen LogP contribution in [0.1, 0.15) is 11.1 Å². The Hall–Kier alpha value is -2.90. The van der Waals surface area contributed by atoms with Crippen molar-refractivity contribution in [2.75, 3.05) is 5.32 Å². The van der Waals surface area contributed by atoms with E-state index in [1.807, 2.05) is 6.07 Å². The van der Waals surface area contributed by atoms with E-state index in [2.05, 4.69) is 43.8 Å². The fourth-order valence-electron chi connectivity index (χ4n) is 2.64. The van der Waals surface area contributed by atoms with Crippen LogP contribution in [0.25, 0.3) is 6.08 Å². The highest BCUT2D eigenvalue weighted by molar-refractivity contribution is 14.1. The number of aromatic hydroxyl groups is 1. The molecular weight excluding hydrogens is 578 g/mol. The summed E-state index contributed by atoms with van der Waals surface area (Å²) in [7, 11) is 0. The largest absolute Gasteiger partial charge is 0.508 e. The highest BCUT2D eigenvalue weighted by atomic mass is 127. The van der Waals surface area contributed by atoms with E-state index >= 15 is 0 Å². The van der Waals surface area contributed by atoms with Gasteiger partial charge in [0.05, 0.1) is 8.04 Å². The molecule has 3 aromatic carbocycles. The molecule has 0 bridgehead atoms. The average Bonchev–Trinajstić information content (AvgIpc) is 2.73. The molecule has 0 spiro atoms. The molecule has 0 saturated carbocycles. The molecule has 5 nitrogen and oxygen atoms in total. The average molecular weight is 593 g/mol. The first-order chi connectivity index (χ1) is 14.9. The number of carbonyl (C=O) groups excluding carboxylic acids is 1. The topological polar surface area (TPSA) is 82.3 Å². The van der Waals surface area contributed by atoms with Crippen molar-refractivity contribution in [1.82, 2.24) is 0 Å². The van der Waals surface area contributed by atoms with E-state index in [0.717, 1.165) is 3.57 Å². The minimum absolute atomic E-state index is 0.0770. The zero-order valence-electron chi connectivity index (χ0n) is 15.9. The van der Waals surface area contributed by atoms with Gasteiger partial charge in [-0.15, -0.1) is 0 Å². The molecule has 0 atom stereocenters. The van der Waals surface area contributed by atoms with E-state index in [1.54, 1.807) is 24.3 Å². The predicted molar refractivity (Wildman–Crippen MR) is 128 cm³/mol. The summed E-state index contributed by atoms with van der Waals surface area (Å²) in [6.45, 7) is 0.194. The normalized spacial score (nSPS) is 11.0. The van der Waals surface area contributed by atoms with Crippen molar-refractivity contribution in [3.63, 3.8) is 0 Å².